The summed E-state index contributed by atoms with van der Waals surface area (Å²) in [6, 6.07) is 3.92. The van der Waals surface area contributed by atoms with E-state index in [4.69, 9.17) is 9.97 Å². The number of rotatable bonds is 3. The summed E-state index contributed by atoms with van der Waals surface area (Å²) < 4.78 is 0. The van der Waals surface area contributed by atoms with Gasteiger partial charge in [-0.1, -0.05) is 6.92 Å². The van der Waals surface area contributed by atoms with Crippen molar-refractivity contribution in [2.45, 2.75) is 44.6 Å². The Morgan fingerprint density at radius 1 is 1.23 bits per heavy atom. The van der Waals surface area contributed by atoms with Crippen LogP contribution in [0.5, 0.6) is 0 Å². The molecule has 0 radical (unpaired) electrons. The van der Waals surface area contributed by atoms with E-state index in [0.717, 1.165) is 41.3 Å². The minimum atomic E-state index is -0.582. The number of anilines is 1. The number of hydrogen-bond donors (Lipinski definition) is 1. The molecule has 0 unspecified atom stereocenters. The number of aryl methyl sites for hydroxylation is 2. The van der Waals surface area contributed by atoms with Crippen molar-refractivity contribution in [2.75, 3.05) is 18.0 Å². The molecule has 134 valence electrons. The fraction of sp³-hybridized carbons (Fsp3) is 0.450. The Morgan fingerprint density at radius 3 is 2.85 bits per heavy atom. The fourth-order valence-electron chi connectivity index (χ4n) is 4.03. The number of hydrogen-bond acceptors (Lipinski definition) is 6. The van der Waals surface area contributed by atoms with Crippen LogP contribution in [0.4, 0.5) is 5.82 Å². The third kappa shape index (κ3) is 2.51. The number of nitrogens with zero attached hydrogens (tertiary/aromatic N) is 4. The zero-order valence-corrected chi connectivity index (χ0v) is 15.7. The highest BCUT2D eigenvalue weighted by molar-refractivity contribution is 7.19. The molecule has 3 aromatic rings. The molecule has 6 heteroatoms. The lowest BCUT2D eigenvalue weighted by Crippen LogP contribution is -2.62. The molecule has 0 amide bonds. The predicted octanol–water partition coefficient (Wildman–Crippen LogP) is 3.59. The maximum Gasteiger partial charge on any atom is 0.164 e. The lowest BCUT2D eigenvalue weighted by Gasteiger charge is -2.47. The molecule has 0 spiro atoms. The van der Waals surface area contributed by atoms with Gasteiger partial charge in [0.25, 0.3) is 0 Å². The third-order valence-corrected chi connectivity index (χ3v) is 6.83. The van der Waals surface area contributed by atoms with Gasteiger partial charge in [-0.3, -0.25) is 4.98 Å². The SMILES string of the molecule is CCC1(O)CN(c2nc(-c3cccnc3)nc3sc4c(c23)CCCC4)C1. The highest BCUT2D eigenvalue weighted by Gasteiger charge is 2.41. The third-order valence-electron chi connectivity index (χ3n) is 5.64. The minimum absolute atomic E-state index is 0.582. The lowest BCUT2D eigenvalue weighted by molar-refractivity contribution is 0.00824. The zero-order chi connectivity index (χ0) is 17.7. The first-order valence-corrected chi connectivity index (χ1v) is 10.2. The maximum absolute atomic E-state index is 10.5. The summed E-state index contributed by atoms with van der Waals surface area (Å²) in [4.78, 5) is 18.8. The molecule has 0 bridgehead atoms. The molecule has 1 aliphatic heterocycles. The Kier molecular flexibility index (Phi) is 3.72. The van der Waals surface area contributed by atoms with Crippen molar-refractivity contribution in [1.29, 1.82) is 0 Å². The van der Waals surface area contributed by atoms with E-state index in [1.54, 1.807) is 6.20 Å². The molecular formula is C20H22N4OS. The van der Waals surface area contributed by atoms with Gasteiger partial charge in [0.2, 0.25) is 0 Å². The average Bonchev–Trinajstić information content (AvgIpc) is 3.04. The molecule has 5 nitrogen and oxygen atoms in total. The highest BCUT2D eigenvalue weighted by atomic mass is 32.1. The fourth-order valence-corrected chi connectivity index (χ4v) is 5.28. The summed E-state index contributed by atoms with van der Waals surface area (Å²) in [6.45, 7) is 3.33. The lowest BCUT2D eigenvalue weighted by atomic mass is 9.90. The predicted molar refractivity (Wildman–Crippen MR) is 105 cm³/mol. The summed E-state index contributed by atoms with van der Waals surface area (Å²) in [5.74, 6) is 1.72. The summed E-state index contributed by atoms with van der Waals surface area (Å²) >= 11 is 1.82. The van der Waals surface area contributed by atoms with E-state index in [1.165, 1.54) is 28.7 Å². The van der Waals surface area contributed by atoms with Crippen LogP contribution in [-0.4, -0.2) is 38.7 Å². The normalized spacial score (nSPS) is 18.6. The molecule has 1 N–H and O–H groups in total. The van der Waals surface area contributed by atoms with Crippen LogP contribution in [0.25, 0.3) is 21.6 Å². The molecule has 0 aromatic carbocycles. The largest absolute Gasteiger partial charge is 0.386 e. The van der Waals surface area contributed by atoms with Crippen LogP contribution in [0.3, 0.4) is 0 Å². The van der Waals surface area contributed by atoms with Crippen molar-refractivity contribution in [2.24, 2.45) is 0 Å². The summed E-state index contributed by atoms with van der Waals surface area (Å²) in [7, 11) is 0. The number of aromatic nitrogens is 3. The van der Waals surface area contributed by atoms with E-state index in [0.29, 0.717) is 13.1 Å². The molecule has 5 rings (SSSR count). The zero-order valence-electron chi connectivity index (χ0n) is 14.9. The van der Waals surface area contributed by atoms with Gasteiger partial charge in [-0.2, -0.15) is 0 Å². The monoisotopic (exact) mass is 366 g/mol. The quantitative estimate of drug-likeness (QED) is 0.767. The first kappa shape index (κ1) is 16.1. The highest BCUT2D eigenvalue weighted by Crippen LogP contribution is 2.42. The van der Waals surface area contributed by atoms with Crippen molar-refractivity contribution in [1.82, 2.24) is 15.0 Å². The van der Waals surface area contributed by atoms with Crippen LogP contribution < -0.4 is 4.90 Å². The van der Waals surface area contributed by atoms with Crippen molar-refractivity contribution in [3.8, 4) is 11.4 Å². The molecular weight excluding hydrogens is 344 g/mol. The number of thiophene rings is 1. The second kappa shape index (κ2) is 5.99. The number of pyridine rings is 1. The first-order valence-electron chi connectivity index (χ1n) is 9.37. The Hall–Kier alpha value is -2.05. The summed E-state index contributed by atoms with van der Waals surface area (Å²) in [5.41, 5.74) is 1.80. The van der Waals surface area contributed by atoms with Crippen molar-refractivity contribution in [3.05, 3.63) is 35.0 Å². The topological polar surface area (TPSA) is 62.1 Å². The van der Waals surface area contributed by atoms with Gasteiger partial charge in [-0.05, 0) is 49.8 Å². The maximum atomic E-state index is 10.5. The number of fused-ring (bicyclic) bond motifs is 3. The van der Waals surface area contributed by atoms with Gasteiger partial charge >= 0.3 is 0 Å². The van der Waals surface area contributed by atoms with E-state index in [-0.39, 0.29) is 0 Å². The Morgan fingerprint density at radius 2 is 2.08 bits per heavy atom. The van der Waals surface area contributed by atoms with Crippen LogP contribution in [0, 0.1) is 0 Å². The molecule has 4 heterocycles. The molecule has 1 fully saturated rings. The van der Waals surface area contributed by atoms with Gasteiger partial charge in [-0.25, -0.2) is 9.97 Å². The van der Waals surface area contributed by atoms with Gasteiger partial charge in [0.05, 0.1) is 11.0 Å². The van der Waals surface area contributed by atoms with E-state index in [1.807, 2.05) is 36.6 Å². The standard InChI is InChI=1S/C20H22N4OS/c1-2-20(25)11-24(12-20)18-16-14-7-3-4-8-15(14)26-19(16)23-17(22-18)13-6-5-9-21-10-13/h5-6,9-10,25H,2-4,7-8,11-12H2,1H3. The van der Waals surface area contributed by atoms with Gasteiger partial charge in [0.1, 0.15) is 10.6 Å². The smallest absolute Gasteiger partial charge is 0.164 e. The van der Waals surface area contributed by atoms with Gasteiger partial charge in [-0.15, -0.1) is 11.3 Å². The molecule has 26 heavy (non-hydrogen) atoms. The first-order chi connectivity index (χ1) is 12.7. The Bertz CT molecular complexity index is 963. The molecule has 0 saturated carbocycles. The van der Waals surface area contributed by atoms with Crippen LogP contribution in [0.1, 0.15) is 36.6 Å². The van der Waals surface area contributed by atoms with Gasteiger partial charge in [0.15, 0.2) is 5.82 Å². The molecule has 0 atom stereocenters. The summed E-state index contributed by atoms with van der Waals surface area (Å²) in [5, 5.41) is 11.7. The Labute approximate surface area is 156 Å². The van der Waals surface area contributed by atoms with E-state index in [2.05, 4.69) is 9.88 Å². The summed E-state index contributed by atoms with van der Waals surface area (Å²) in [6.07, 6.45) is 9.12. The minimum Gasteiger partial charge on any atom is -0.386 e. The second-order valence-electron chi connectivity index (χ2n) is 7.44. The molecule has 3 aromatic heterocycles. The van der Waals surface area contributed by atoms with Gasteiger partial charge in [0, 0.05) is 35.9 Å². The van der Waals surface area contributed by atoms with Crippen LogP contribution in [0.15, 0.2) is 24.5 Å². The van der Waals surface area contributed by atoms with Crippen molar-refractivity contribution in [3.63, 3.8) is 0 Å². The molecule has 2 aliphatic rings. The van der Waals surface area contributed by atoms with E-state index >= 15 is 0 Å². The van der Waals surface area contributed by atoms with Crippen molar-refractivity contribution >= 4 is 27.4 Å². The van der Waals surface area contributed by atoms with Gasteiger partial charge < -0.3 is 10.0 Å². The second-order valence-corrected chi connectivity index (χ2v) is 8.52. The Balaban J connectivity index is 1.68. The molecule has 1 saturated heterocycles. The van der Waals surface area contributed by atoms with E-state index in [9.17, 15) is 5.11 Å². The van der Waals surface area contributed by atoms with Crippen LogP contribution in [0.2, 0.25) is 0 Å². The van der Waals surface area contributed by atoms with E-state index < -0.39 is 5.60 Å². The molecule has 1 aliphatic carbocycles. The van der Waals surface area contributed by atoms with Crippen molar-refractivity contribution < 1.29 is 5.11 Å². The van der Waals surface area contributed by atoms with Crippen LogP contribution >= 0.6 is 11.3 Å². The van der Waals surface area contributed by atoms with Crippen LogP contribution in [-0.2, 0) is 12.8 Å². The number of aliphatic hydroxyl groups is 1. The number of β-amino-alcohol motifs (C(OH)–C–C–N with tert-alkyl or cyclic N) is 1. The average molecular weight is 366 g/mol.